The van der Waals surface area contributed by atoms with E-state index in [0.717, 1.165) is 30.8 Å². The zero-order valence-electron chi connectivity index (χ0n) is 12.9. The average Bonchev–Trinajstić information content (AvgIpc) is 3.27. The molecule has 4 nitrogen and oxygen atoms in total. The van der Waals surface area contributed by atoms with Crippen LogP contribution in [0.25, 0.3) is 0 Å². The summed E-state index contributed by atoms with van der Waals surface area (Å²) in [5.41, 5.74) is 2.36. The molecular formula is C16H26N4. The minimum Gasteiger partial charge on any atom is -0.338 e. The van der Waals surface area contributed by atoms with Crippen LogP contribution in [0, 0.1) is 12.8 Å². The maximum absolute atomic E-state index is 4.76. The Hall–Kier alpha value is -1.16. The lowest BCUT2D eigenvalue weighted by molar-refractivity contribution is 0.595. The van der Waals surface area contributed by atoms with Crippen LogP contribution < -0.4 is 10.2 Å². The number of nitrogens with zero attached hydrogens (tertiary/aromatic N) is 3. The molecule has 0 radical (unpaired) electrons. The van der Waals surface area contributed by atoms with Gasteiger partial charge >= 0.3 is 0 Å². The van der Waals surface area contributed by atoms with Crippen molar-refractivity contribution in [3.8, 4) is 0 Å². The summed E-state index contributed by atoms with van der Waals surface area (Å²) in [6, 6.07) is 1.41. The summed E-state index contributed by atoms with van der Waals surface area (Å²) < 4.78 is 0. The topological polar surface area (TPSA) is 41.1 Å². The fourth-order valence-electron chi connectivity index (χ4n) is 2.51. The molecule has 0 saturated heterocycles. The zero-order chi connectivity index (χ0) is 14.1. The number of rotatable bonds is 7. The molecule has 4 heteroatoms. The molecule has 1 aromatic rings. The first-order valence-corrected chi connectivity index (χ1v) is 7.96. The summed E-state index contributed by atoms with van der Waals surface area (Å²) in [6.07, 6.45) is 7.24. The lowest BCUT2D eigenvalue weighted by Crippen LogP contribution is -2.31. The highest BCUT2D eigenvalue weighted by Gasteiger charge is 2.31. The third-order valence-electron chi connectivity index (χ3n) is 4.03. The molecule has 1 heterocycles. The highest BCUT2D eigenvalue weighted by atomic mass is 15.3. The molecule has 0 spiro atoms. The number of nitrogens with one attached hydrogen (secondary N) is 1. The van der Waals surface area contributed by atoms with Gasteiger partial charge in [-0.1, -0.05) is 13.8 Å². The van der Waals surface area contributed by atoms with Crippen molar-refractivity contribution in [3.05, 3.63) is 17.5 Å². The smallest absolute Gasteiger partial charge is 0.225 e. The molecular weight excluding hydrogens is 248 g/mol. The molecule has 0 aliphatic heterocycles. The summed E-state index contributed by atoms with van der Waals surface area (Å²) in [5.74, 6) is 1.57. The highest BCUT2D eigenvalue weighted by Crippen LogP contribution is 2.30. The van der Waals surface area contributed by atoms with E-state index in [9.17, 15) is 0 Å². The first-order valence-electron chi connectivity index (χ1n) is 7.96. The molecule has 2 aliphatic carbocycles. The predicted octanol–water partition coefficient (Wildman–Crippen LogP) is 2.66. The minimum atomic E-state index is 0.649. The first kappa shape index (κ1) is 13.8. The summed E-state index contributed by atoms with van der Waals surface area (Å²) in [4.78, 5) is 11.8. The van der Waals surface area contributed by atoms with Crippen molar-refractivity contribution in [1.82, 2.24) is 15.3 Å². The summed E-state index contributed by atoms with van der Waals surface area (Å²) in [7, 11) is 0. The maximum Gasteiger partial charge on any atom is 0.225 e. The second-order valence-electron chi connectivity index (χ2n) is 6.71. The van der Waals surface area contributed by atoms with Gasteiger partial charge in [0.05, 0.1) is 0 Å². The molecule has 0 aromatic carbocycles. The Labute approximate surface area is 122 Å². The Kier molecular flexibility index (Phi) is 3.92. The van der Waals surface area contributed by atoms with Crippen molar-refractivity contribution in [2.45, 2.75) is 65.1 Å². The van der Waals surface area contributed by atoms with E-state index < -0.39 is 0 Å². The van der Waals surface area contributed by atoms with Crippen LogP contribution in [0.3, 0.4) is 0 Å². The molecule has 1 N–H and O–H groups in total. The Balaban J connectivity index is 1.70. The quantitative estimate of drug-likeness (QED) is 0.830. The van der Waals surface area contributed by atoms with Gasteiger partial charge in [0.2, 0.25) is 5.95 Å². The van der Waals surface area contributed by atoms with Crippen molar-refractivity contribution in [2.75, 3.05) is 11.4 Å². The number of anilines is 1. The van der Waals surface area contributed by atoms with Crippen LogP contribution in [0.1, 0.15) is 50.8 Å². The molecule has 0 amide bonds. The van der Waals surface area contributed by atoms with Crippen LogP contribution in [0.2, 0.25) is 0 Å². The first-order chi connectivity index (χ1) is 9.63. The van der Waals surface area contributed by atoms with Gasteiger partial charge in [0.25, 0.3) is 0 Å². The zero-order valence-corrected chi connectivity index (χ0v) is 12.9. The number of hydrogen-bond donors (Lipinski definition) is 1. The normalized spacial score (nSPS) is 18.6. The predicted molar refractivity (Wildman–Crippen MR) is 81.8 cm³/mol. The molecule has 2 saturated carbocycles. The number of aromatic nitrogens is 2. The van der Waals surface area contributed by atoms with E-state index in [2.05, 4.69) is 36.0 Å². The van der Waals surface area contributed by atoms with Gasteiger partial charge in [-0.15, -0.1) is 0 Å². The largest absolute Gasteiger partial charge is 0.338 e. The van der Waals surface area contributed by atoms with Crippen molar-refractivity contribution >= 4 is 5.95 Å². The van der Waals surface area contributed by atoms with Crippen LogP contribution in [0.15, 0.2) is 6.20 Å². The van der Waals surface area contributed by atoms with Gasteiger partial charge in [-0.25, -0.2) is 9.97 Å². The van der Waals surface area contributed by atoms with Crippen LogP contribution in [-0.4, -0.2) is 28.6 Å². The van der Waals surface area contributed by atoms with E-state index in [1.165, 1.54) is 31.2 Å². The fourth-order valence-corrected chi connectivity index (χ4v) is 2.51. The molecule has 0 atom stereocenters. The van der Waals surface area contributed by atoms with Crippen LogP contribution >= 0.6 is 0 Å². The monoisotopic (exact) mass is 274 g/mol. The molecule has 2 aliphatic rings. The molecule has 3 rings (SSSR count). The van der Waals surface area contributed by atoms with Crippen LogP contribution in [0.4, 0.5) is 5.95 Å². The Bertz CT molecular complexity index is 464. The van der Waals surface area contributed by atoms with E-state index >= 15 is 0 Å². The molecule has 0 bridgehead atoms. The minimum absolute atomic E-state index is 0.649. The van der Waals surface area contributed by atoms with E-state index in [-0.39, 0.29) is 0 Å². The van der Waals surface area contributed by atoms with E-state index in [1.807, 2.05) is 6.20 Å². The summed E-state index contributed by atoms with van der Waals surface area (Å²) >= 11 is 0. The molecule has 0 unspecified atom stereocenters. The van der Waals surface area contributed by atoms with Crippen LogP contribution in [0.5, 0.6) is 0 Å². The third-order valence-corrected chi connectivity index (χ3v) is 4.03. The average molecular weight is 274 g/mol. The Morgan fingerprint density at radius 3 is 2.60 bits per heavy atom. The maximum atomic E-state index is 4.76. The van der Waals surface area contributed by atoms with Crippen molar-refractivity contribution in [1.29, 1.82) is 0 Å². The van der Waals surface area contributed by atoms with Crippen molar-refractivity contribution < 1.29 is 0 Å². The highest BCUT2D eigenvalue weighted by molar-refractivity contribution is 5.36. The Morgan fingerprint density at radius 1 is 1.30 bits per heavy atom. The van der Waals surface area contributed by atoms with Gasteiger partial charge in [0.15, 0.2) is 0 Å². The molecule has 2 fully saturated rings. The van der Waals surface area contributed by atoms with Gasteiger partial charge in [-0.2, -0.15) is 0 Å². The van der Waals surface area contributed by atoms with Crippen LogP contribution in [-0.2, 0) is 6.54 Å². The van der Waals surface area contributed by atoms with Gasteiger partial charge in [0.1, 0.15) is 0 Å². The number of aryl methyl sites for hydroxylation is 1. The van der Waals surface area contributed by atoms with E-state index in [1.54, 1.807) is 0 Å². The van der Waals surface area contributed by atoms with E-state index in [0.29, 0.717) is 12.0 Å². The third kappa shape index (κ3) is 3.48. The molecule has 110 valence electrons. The Morgan fingerprint density at radius 2 is 2.05 bits per heavy atom. The standard InChI is InChI=1S/C16H26N4/c1-11(2)10-20(15-6-7-15)16-18-9-13(12(3)19-16)8-17-14-4-5-14/h9,11,14-15,17H,4-8,10H2,1-3H3. The van der Waals surface area contributed by atoms with Gasteiger partial charge in [-0.05, 0) is 38.5 Å². The SMILES string of the molecule is Cc1nc(N(CC(C)C)C2CC2)ncc1CNC1CC1. The number of hydrogen-bond acceptors (Lipinski definition) is 4. The lowest BCUT2D eigenvalue weighted by Gasteiger charge is -2.25. The van der Waals surface area contributed by atoms with Crippen molar-refractivity contribution in [3.63, 3.8) is 0 Å². The van der Waals surface area contributed by atoms with Gasteiger partial charge < -0.3 is 10.2 Å². The fraction of sp³-hybridized carbons (Fsp3) is 0.750. The molecule has 1 aromatic heterocycles. The lowest BCUT2D eigenvalue weighted by atomic mass is 10.2. The van der Waals surface area contributed by atoms with Crippen molar-refractivity contribution in [2.24, 2.45) is 5.92 Å². The second kappa shape index (κ2) is 5.68. The summed E-state index contributed by atoms with van der Waals surface area (Å²) in [6.45, 7) is 8.59. The van der Waals surface area contributed by atoms with E-state index in [4.69, 9.17) is 4.98 Å². The molecule has 20 heavy (non-hydrogen) atoms. The van der Waals surface area contributed by atoms with Gasteiger partial charge in [-0.3, -0.25) is 0 Å². The summed E-state index contributed by atoms with van der Waals surface area (Å²) in [5, 5.41) is 3.54. The second-order valence-corrected chi connectivity index (χ2v) is 6.71. The van der Waals surface area contributed by atoms with Gasteiger partial charge in [0, 0.05) is 42.6 Å².